The molecule has 1 saturated heterocycles. The number of nitrogens with one attached hydrogen (secondary N) is 2. The summed E-state index contributed by atoms with van der Waals surface area (Å²) in [6.45, 7) is 5.81. The third-order valence-electron chi connectivity index (χ3n) is 7.31. The van der Waals surface area contributed by atoms with Crippen molar-refractivity contribution in [2.75, 3.05) is 51.9 Å². The lowest BCUT2D eigenvalue weighted by atomic mass is 10.0. The molecule has 45 heavy (non-hydrogen) atoms. The van der Waals surface area contributed by atoms with Crippen molar-refractivity contribution in [2.24, 2.45) is 0 Å². The zero-order valence-electron chi connectivity index (χ0n) is 25.5. The van der Waals surface area contributed by atoms with E-state index in [-0.39, 0.29) is 56.2 Å². The van der Waals surface area contributed by atoms with Crippen LogP contribution >= 0.6 is 11.6 Å². The number of pyridine rings is 1. The minimum Gasteiger partial charge on any atom is -0.458 e. The molecule has 14 heteroatoms. The second-order valence-electron chi connectivity index (χ2n) is 10.8. The Labute approximate surface area is 266 Å². The number of aromatic nitrogens is 2. The van der Waals surface area contributed by atoms with E-state index >= 15 is 0 Å². The number of nitrogens with zero attached hydrogens (tertiary/aromatic N) is 3. The van der Waals surface area contributed by atoms with Crippen molar-refractivity contribution in [1.29, 1.82) is 0 Å². The highest BCUT2D eigenvalue weighted by Crippen LogP contribution is 2.24. The fourth-order valence-corrected chi connectivity index (χ4v) is 5.06. The number of esters is 1. The zero-order valence-corrected chi connectivity index (χ0v) is 26.3. The van der Waals surface area contributed by atoms with Gasteiger partial charge in [0, 0.05) is 49.4 Å². The van der Waals surface area contributed by atoms with Crippen molar-refractivity contribution < 1.29 is 38.1 Å². The van der Waals surface area contributed by atoms with Gasteiger partial charge in [0.25, 0.3) is 5.91 Å². The zero-order chi connectivity index (χ0) is 32.3. The van der Waals surface area contributed by atoms with Gasteiger partial charge in [-0.2, -0.15) is 0 Å². The van der Waals surface area contributed by atoms with Crippen LogP contribution in [-0.2, 0) is 30.3 Å². The van der Waals surface area contributed by atoms with Gasteiger partial charge in [0.1, 0.15) is 37.9 Å². The minimum atomic E-state index is -0.891. The lowest BCUT2D eigenvalue weighted by molar-refractivity contribution is -0.116. The molecule has 3 heterocycles. The molecule has 2 aromatic heterocycles. The normalized spacial score (nSPS) is 13.9. The Morgan fingerprint density at radius 1 is 0.978 bits per heavy atom. The van der Waals surface area contributed by atoms with Gasteiger partial charge in [0.05, 0.1) is 17.2 Å². The summed E-state index contributed by atoms with van der Waals surface area (Å²) in [4.78, 5) is 57.3. The van der Waals surface area contributed by atoms with Crippen molar-refractivity contribution in [1.82, 2.24) is 19.8 Å². The van der Waals surface area contributed by atoms with Crippen LogP contribution in [0.3, 0.4) is 0 Å². The number of benzene rings is 1. The third-order valence-corrected chi connectivity index (χ3v) is 7.53. The van der Waals surface area contributed by atoms with Crippen LogP contribution in [0.4, 0.5) is 10.6 Å². The summed E-state index contributed by atoms with van der Waals surface area (Å²) < 4.78 is 21.3. The van der Waals surface area contributed by atoms with Gasteiger partial charge in [-0.25, -0.2) is 14.6 Å². The number of piperidine rings is 1. The van der Waals surface area contributed by atoms with Gasteiger partial charge < -0.3 is 39.0 Å². The highest BCUT2D eigenvalue weighted by molar-refractivity contribution is 6.30. The van der Waals surface area contributed by atoms with E-state index in [4.69, 9.17) is 30.5 Å². The van der Waals surface area contributed by atoms with E-state index in [9.17, 15) is 19.2 Å². The lowest BCUT2D eigenvalue weighted by Crippen LogP contribution is -2.47. The van der Waals surface area contributed by atoms with Crippen LogP contribution < -0.4 is 10.6 Å². The van der Waals surface area contributed by atoms with Crippen LogP contribution in [0.2, 0.25) is 5.02 Å². The van der Waals surface area contributed by atoms with E-state index in [1.54, 1.807) is 41.0 Å². The van der Waals surface area contributed by atoms with Gasteiger partial charge in [0.15, 0.2) is 0 Å². The molecule has 13 nitrogen and oxygen atoms in total. The van der Waals surface area contributed by atoms with Crippen LogP contribution in [0.15, 0.2) is 42.6 Å². The number of hydrogen-bond donors (Lipinski definition) is 2. The standard InChI is InChI=1S/C31H38ClN5O8/c1-20(2)36-10-8-24(9-11-36)34-29(39)26-17-22-16-21(30(40)43-14-15-45-31(41)44-13-12-42-3)4-6-25(22)37(26)19-28(38)35-27-7-5-23(32)18-33-27/h4-7,16-18,20,24H,8-15,19H2,1-3H3,(H,34,39)(H,33,35,38). The molecule has 1 fully saturated rings. The lowest BCUT2D eigenvalue weighted by Gasteiger charge is -2.34. The smallest absolute Gasteiger partial charge is 0.458 e. The minimum absolute atomic E-state index is 0.00364. The number of halogens is 1. The molecular weight excluding hydrogens is 606 g/mol. The van der Waals surface area contributed by atoms with Gasteiger partial charge in [0.2, 0.25) is 5.91 Å². The van der Waals surface area contributed by atoms with Crippen molar-refractivity contribution in [3.8, 4) is 0 Å². The number of likely N-dealkylation sites (tertiary alicyclic amines) is 1. The molecule has 1 aromatic carbocycles. The van der Waals surface area contributed by atoms with E-state index in [1.165, 1.54) is 13.3 Å². The monoisotopic (exact) mass is 643 g/mol. The molecule has 2 amide bonds. The molecule has 1 aliphatic heterocycles. The quantitative estimate of drug-likeness (QED) is 0.207. The van der Waals surface area contributed by atoms with E-state index in [0.717, 1.165) is 25.9 Å². The molecular formula is C31H38ClN5O8. The van der Waals surface area contributed by atoms with Crippen LogP contribution in [0, 0.1) is 0 Å². The number of fused-ring (bicyclic) bond motifs is 1. The van der Waals surface area contributed by atoms with E-state index in [1.807, 2.05) is 0 Å². The predicted molar refractivity (Wildman–Crippen MR) is 166 cm³/mol. The number of ether oxygens (including phenoxy) is 4. The fraction of sp³-hybridized carbons (Fsp3) is 0.452. The summed E-state index contributed by atoms with van der Waals surface area (Å²) in [7, 11) is 1.48. The average Bonchev–Trinajstić information content (AvgIpc) is 3.38. The van der Waals surface area contributed by atoms with Crippen LogP contribution in [0.5, 0.6) is 0 Å². The first-order chi connectivity index (χ1) is 21.6. The molecule has 0 bridgehead atoms. The summed E-state index contributed by atoms with van der Waals surface area (Å²) in [5.41, 5.74) is 1.08. The SMILES string of the molecule is COCCOC(=O)OCCOC(=O)c1ccc2c(c1)cc(C(=O)NC1CCN(C(C)C)CC1)n2CC(=O)Nc1ccc(Cl)cn1. The molecule has 0 atom stereocenters. The highest BCUT2D eigenvalue weighted by atomic mass is 35.5. The molecule has 242 valence electrons. The maximum atomic E-state index is 13.6. The molecule has 2 N–H and O–H groups in total. The van der Waals surface area contributed by atoms with Crippen molar-refractivity contribution >= 4 is 52.3 Å². The van der Waals surface area contributed by atoms with Crippen molar-refractivity contribution in [2.45, 2.75) is 45.3 Å². The summed E-state index contributed by atoms with van der Waals surface area (Å²) >= 11 is 5.90. The number of hydrogen-bond acceptors (Lipinski definition) is 10. The number of amides is 2. The van der Waals surface area contributed by atoms with Gasteiger partial charge in [-0.05, 0) is 63.1 Å². The first kappa shape index (κ1) is 33.7. The molecule has 0 unspecified atom stereocenters. The van der Waals surface area contributed by atoms with E-state index in [2.05, 4.69) is 34.4 Å². The van der Waals surface area contributed by atoms with Crippen LogP contribution in [0.25, 0.3) is 10.9 Å². The second-order valence-corrected chi connectivity index (χ2v) is 11.2. The maximum absolute atomic E-state index is 13.6. The Morgan fingerprint density at radius 2 is 1.69 bits per heavy atom. The Morgan fingerprint density at radius 3 is 2.36 bits per heavy atom. The Balaban J connectivity index is 1.47. The number of rotatable bonds is 13. The van der Waals surface area contributed by atoms with Gasteiger partial charge in [-0.1, -0.05) is 11.6 Å². The third kappa shape index (κ3) is 9.64. The number of anilines is 1. The van der Waals surface area contributed by atoms with Crippen molar-refractivity contribution in [3.05, 3.63) is 58.9 Å². The predicted octanol–water partition coefficient (Wildman–Crippen LogP) is 3.89. The van der Waals surface area contributed by atoms with Gasteiger partial charge in [-0.3, -0.25) is 9.59 Å². The van der Waals surface area contributed by atoms with Crippen LogP contribution in [0.1, 0.15) is 47.5 Å². The average molecular weight is 644 g/mol. The summed E-state index contributed by atoms with van der Waals surface area (Å²) in [5, 5.41) is 6.85. The van der Waals surface area contributed by atoms with Gasteiger partial charge in [-0.15, -0.1) is 0 Å². The Bertz CT molecular complexity index is 1490. The van der Waals surface area contributed by atoms with Crippen LogP contribution in [-0.4, -0.2) is 97.1 Å². The topological polar surface area (TPSA) is 150 Å². The van der Waals surface area contributed by atoms with E-state index in [0.29, 0.717) is 27.8 Å². The molecule has 0 saturated carbocycles. The number of methoxy groups -OCH3 is 1. The Hall–Kier alpha value is -4.20. The molecule has 0 aliphatic carbocycles. The van der Waals surface area contributed by atoms with Crippen molar-refractivity contribution in [3.63, 3.8) is 0 Å². The molecule has 1 aliphatic rings. The van der Waals surface area contributed by atoms with E-state index < -0.39 is 18.0 Å². The highest BCUT2D eigenvalue weighted by Gasteiger charge is 2.25. The Kier molecular flexibility index (Phi) is 12.1. The molecule has 3 aromatic rings. The summed E-state index contributed by atoms with van der Waals surface area (Å²) in [6.07, 6.45) is 2.17. The molecule has 0 radical (unpaired) electrons. The summed E-state index contributed by atoms with van der Waals surface area (Å²) in [6, 6.07) is 10.1. The number of carbonyl (C=O) groups is 4. The second kappa shape index (κ2) is 16.2. The fourth-order valence-electron chi connectivity index (χ4n) is 4.94. The molecule has 4 rings (SSSR count). The van der Waals surface area contributed by atoms with Gasteiger partial charge >= 0.3 is 12.1 Å². The first-order valence-corrected chi connectivity index (χ1v) is 15.1. The maximum Gasteiger partial charge on any atom is 0.508 e. The first-order valence-electron chi connectivity index (χ1n) is 14.7. The molecule has 0 spiro atoms. The summed E-state index contributed by atoms with van der Waals surface area (Å²) in [5.74, 6) is -1.03. The largest absolute Gasteiger partial charge is 0.508 e. The number of carbonyl (C=O) groups excluding carboxylic acids is 4.